The summed E-state index contributed by atoms with van der Waals surface area (Å²) in [6, 6.07) is 0. The summed E-state index contributed by atoms with van der Waals surface area (Å²) in [5.74, 6) is -0.802. The van der Waals surface area contributed by atoms with Crippen LogP contribution in [0.4, 0.5) is 0 Å². The normalized spacial score (nSPS) is 16.8. The van der Waals surface area contributed by atoms with Gasteiger partial charge in [0.2, 0.25) is 5.91 Å². The monoisotopic (exact) mass is 231 g/mol. The van der Waals surface area contributed by atoms with E-state index in [-0.39, 0.29) is 19.1 Å². The van der Waals surface area contributed by atoms with Gasteiger partial charge in [-0.25, -0.2) is 4.79 Å². The highest BCUT2D eigenvalue weighted by Crippen LogP contribution is 2.28. The quantitative estimate of drug-likeness (QED) is 0.595. The van der Waals surface area contributed by atoms with Gasteiger partial charge in [0.1, 0.15) is 6.61 Å². The van der Waals surface area contributed by atoms with Crippen molar-refractivity contribution in [2.75, 3.05) is 26.9 Å². The number of hydrogen-bond donors (Lipinski definition) is 2. The lowest BCUT2D eigenvalue weighted by atomic mass is 10.3. The molecule has 0 bridgehead atoms. The third kappa shape index (κ3) is 5.09. The second-order valence-corrected chi connectivity index (χ2v) is 3.83. The third-order valence-electron chi connectivity index (χ3n) is 2.33. The van der Waals surface area contributed by atoms with Crippen molar-refractivity contribution in [2.45, 2.75) is 18.9 Å². The maximum absolute atomic E-state index is 11.2. The van der Waals surface area contributed by atoms with Crippen LogP contribution in [0, 0.1) is 5.92 Å². The highest BCUT2D eigenvalue weighted by atomic mass is 16.5. The summed E-state index contributed by atoms with van der Waals surface area (Å²) in [5.41, 5.74) is 0. The topological polar surface area (TPSA) is 84.9 Å². The molecule has 1 aliphatic carbocycles. The molecule has 6 nitrogen and oxygen atoms in total. The van der Waals surface area contributed by atoms with Gasteiger partial charge in [-0.1, -0.05) is 0 Å². The van der Waals surface area contributed by atoms with E-state index in [4.69, 9.17) is 9.84 Å². The van der Waals surface area contributed by atoms with E-state index in [0.717, 1.165) is 0 Å². The van der Waals surface area contributed by atoms with Crippen molar-refractivity contribution in [1.29, 1.82) is 0 Å². The lowest BCUT2D eigenvalue weighted by molar-refractivity contribution is -0.148. The summed E-state index contributed by atoms with van der Waals surface area (Å²) in [6.07, 6.45) is 1.34. The smallest absolute Gasteiger partial charge is 0.334 e. The molecule has 0 aromatic carbocycles. The van der Waals surface area contributed by atoms with E-state index >= 15 is 0 Å². The Kier molecular flexibility index (Phi) is 5.21. The predicted molar refractivity (Wildman–Crippen MR) is 55.0 cm³/mol. The van der Waals surface area contributed by atoms with Crippen LogP contribution in [0.25, 0.3) is 0 Å². The van der Waals surface area contributed by atoms with E-state index in [1.54, 1.807) is 0 Å². The average molecular weight is 231 g/mol. The molecule has 0 radical (unpaired) electrons. The number of rotatable bonds is 8. The molecule has 1 amide bonds. The lowest BCUT2D eigenvalue weighted by Crippen LogP contribution is -2.39. The molecule has 16 heavy (non-hydrogen) atoms. The first-order chi connectivity index (χ1) is 7.63. The molecule has 1 aliphatic rings. The third-order valence-corrected chi connectivity index (χ3v) is 2.33. The van der Waals surface area contributed by atoms with Gasteiger partial charge in [-0.2, -0.15) is 0 Å². The van der Waals surface area contributed by atoms with Crippen molar-refractivity contribution in [1.82, 2.24) is 5.32 Å². The van der Waals surface area contributed by atoms with Gasteiger partial charge in [-0.3, -0.25) is 4.79 Å². The molecule has 1 atom stereocenters. The zero-order valence-electron chi connectivity index (χ0n) is 9.27. The Morgan fingerprint density at radius 1 is 1.50 bits per heavy atom. The van der Waals surface area contributed by atoms with Gasteiger partial charge >= 0.3 is 5.97 Å². The van der Waals surface area contributed by atoms with E-state index in [1.807, 2.05) is 0 Å². The molecule has 0 heterocycles. The molecule has 1 rings (SSSR count). The number of carbonyl (C=O) groups is 2. The van der Waals surface area contributed by atoms with Gasteiger partial charge in [0.15, 0.2) is 6.10 Å². The van der Waals surface area contributed by atoms with Crippen molar-refractivity contribution in [3.05, 3.63) is 0 Å². The Morgan fingerprint density at radius 3 is 2.69 bits per heavy atom. The van der Waals surface area contributed by atoms with Crippen molar-refractivity contribution in [3.8, 4) is 0 Å². The van der Waals surface area contributed by atoms with Crippen molar-refractivity contribution >= 4 is 11.9 Å². The van der Waals surface area contributed by atoms with Crippen molar-refractivity contribution in [2.24, 2.45) is 5.92 Å². The number of carboxylic acids is 1. The number of carboxylic acid groups (broad SMARTS) is 1. The second-order valence-electron chi connectivity index (χ2n) is 3.83. The van der Waals surface area contributed by atoms with E-state index < -0.39 is 12.1 Å². The van der Waals surface area contributed by atoms with E-state index in [2.05, 4.69) is 10.1 Å². The van der Waals surface area contributed by atoms with Gasteiger partial charge in [-0.15, -0.1) is 0 Å². The van der Waals surface area contributed by atoms with Gasteiger partial charge in [0, 0.05) is 7.11 Å². The minimum Gasteiger partial charge on any atom is -0.479 e. The number of nitrogens with one attached hydrogen (secondary N) is 1. The van der Waals surface area contributed by atoms with Crippen LogP contribution in [0.1, 0.15) is 12.8 Å². The molecule has 1 fully saturated rings. The largest absolute Gasteiger partial charge is 0.479 e. The summed E-state index contributed by atoms with van der Waals surface area (Å²) in [5, 5.41) is 11.1. The zero-order valence-corrected chi connectivity index (χ0v) is 9.27. The molecule has 2 N–H and O–H groups in total. The lowest BCUT2D eigenvalue weighted by Gasteiger charge is -2.11. The van der Waals surface area contributed by atoms with Gasteiger partial charge in [0.25, 0.3) is 0 Å². The number of carbonyl (C=O) groups excluding carboxylic acids is 1. The van der Waals surface area contributed by atoms with Crippen LogP contribution in [0.2, 0.25) is 0 Å². The summed E-state index contributed by atoms with van der Waals surface area (Å²) in [7, 11) is 1.29. The van der Waals surface area contributed by atoms with Crippen LogP contribution in [0.15, 0.2) is 0 Å². The number of hydrogen-bond acceptors (Lipinski definition) is 4. The molecule has 0 aromatic rings. The molecule has 0 aromatic heterocycles. The van der Waals surface area contributed by atoms with E-state index in [0.29, 0.717) is 12.5 Å². The molecular weight excluding hydrogens is 214 g/mol. The Labute approximate surface area is 93.9 Å². The SMILES string of the molecule is COC(CNC(=O)COCC1CC1)C(=O)O. The first kappa shape index (κ1) is 12.9. The zero-order chi connectivity index (χ0) is 12.0. The molecular formula is C10H17NO5. The fraction of sp³-hybridized carbons (Fsp3) is 0.800. The van der Waals surface area contributed by atoms with Crippen LogP contribution in [-0.4, -0.2) is 50.0 Å². The summed E-state index contributed by atoms with van der Waals surface area (Å²) >= 11 is 0. The van der Waals surface area contributed by atoms with Crippen molar-refractivity contribution < 1.29 is 24.2 Å². The van der Waals surface area contributed by atoms with E-state index in [1.165, 1.54) is 20.0 Å². The molecule has 1 saturated carbocycles. The maximum Gasteiger partial charge on any atom is 0.334 e. The van der Waals surface area contributed by atoms with Gasteiger partial charge in [-0.05, 0) is 18.8 Å². The fourth-order valence-electron chi connectivity index (χ4n) is 1.13. The van der Waals surface area contributed by atoms with Crippen molar-refractivity contribution in [3.63, 3.8) is 0 Å². The van der Waals surface area contributed by atoms with Gasteiger partial charge in [0.05, 0.1) is 13.2 Å². The number of ether oxygens (including phenoxy) is 2. The van der Waals surface area contributed by atoms with Crippen LogP contribution < -0.4 is 5.32 Å². The standard InChI is InChI=1S/C10H17NO5/c1-15-8(10(13)14)4-11-9(12)6-16-5-7-2-3-7/h7-8H,2-6H2,1H3,(H,11,12)(H,13,14). The predicted octanol–water partition coefficient (Wildman–Crippen LogP) is -0.371. The molecule has 6 heteroatoms. The number of amides is 1. The van der Waals surface area contributed by atoms with E-state index in [9.17, 15) is 9.59 Å². The molecule has 1 unspecified atom stereocenters. The molecule has 0 spiro atoms. The molecule has 92 valence electrons. The Bertz CT molecular complexity index is 252. The van der Waals surface area contributed by atoms with Crippen LogP contribution in [0.3, 0.4) is 0 Å². The second kappa shape index (κ2) is 6.44. The number of methoxy groups -OCH3 is 1. The minimum atomic E-state index is -1.10. The number of aliphatic carboxylic acids is 1. The maximum atomic E-state index is 11.2. The summed E-state index contributed by atoms with van der Waals surface area (Å²) in [4.78, 5) is 21.8. The summed E-state index contributed by atoms with van der Waals surface area (Å²) in [6.45, 7) is 0.546. The molecule has 0 saturated heterocycles. The van der Waals surface area contributed by atoms with Crippen LogP contribution in [-0.2, 0) is 19.1 Å². The Morgan fingerprint density at radius 2 is 2.19 bits per heavy atom. The Hall–Kier alpha value is -1.14. The minimum absolute atomic E-state index is 0.0213. The highest BCUT2D eigenvalue weighted by Gasteiger charge is 2.22. The first-order valence-electron chi connectivity index (χ1n) is 5.23. The average Bonchev–Trinajstić information content (AvgIpc) is 3.02. The Balaban J connectivity index is 2.05. The highest BCUT2D eigenvalue weighted by molar-refractivity contribution is 5.79. The van der Waals surface area contributed by atoms with Crippen LogP contribution in [0.5, 0.6) is 0 Å². The fourth-order valence-corrected chi connectivity index (χ4v) is 1.13. The first-order valence-corrected chi connectivity index (χ1v) is 5.23. The van der Waals surface area contributed by atoms with Crippen LogP contribution >= 0.6 is 0 Å². The van der Waals surface area contributed by atoms with Gasteiger partial charge < -0.3 is 19.9 Å². The summed E-state index contributed by atoms with van der Waals surface area (Å²) < 4.78 is 9.81. The molecule has 0 aliphatic heterocycles.